The van der Waals surface area contributed by atoms with E-state index in [4.69, 9.17) is 10.5 Å². The lowest BCUT2D eigenvalue weighted by Crippen LogP contribution is -2.38. The van der Waals surface area contributed by atoms with Gasteiger partial charge in [0.05, 0.1) is 19.1 Å². The van der Waals surface area contributed by atoms with Crippen LogP contribution in [0.4, 0.5) is 5.69 Å². The zero-order valence-electron chi connectivity index (χ0n) is 17.5. The van der Waals surface area contributed by atoms with Gasteiger partial charge < -0.3 is 15.8 Å². The number of ether oxygens (including phenoxy) is 1. The molecule has 0 radical (unpaired) electrons. The van der Waals surface area contributed by atoms with Gasteiger partial charge in [0.15, 0.2) is 0 Å². The topological polar surface area (TPSA) is 81.4 Å². The van der Waals surface area contributed by atoms with Gasteiger partial charge >= 0.3 is 5.97 Å². The summed E-state index contributed by atoms with van der Waals surface area (Å²) >= 11 is 0. The Labute approximate surface area is 167 Å². The number of anilines is 1. The van der Waals surface area contributed by atoms with Crippen LogP contribution in [-0.4, -0.2) is 25.0 Å². The molecule has 2 atom stereocenters. The fourth-order valence-corrected chi connectivity index (χ4v) is 3.81. The smallest absolute Gasteiger partial charge is 0.307 e. The number of carbonyl (C=O) groups excluding carboxylic acids is 2. The van der Waals surface area contributed by atoms with Gasteiger partial charge in [-0.3, -0.25) is 9.59 Å². The highest BCUT2D eigenvalue weighted by atomic mass is 16.5. The number of rotatable bonds is 7. The first-order chi connectivity index (χ1) is 13.1. The Morgan fingerprint density at radius 2 is 1.75 bits per heavy atom. The molecule has 0 saturated carbocycles. The molecule has 0 aromatic heterocycles. The lowest BCUT2D eigenvalue weighted by Gasteiger charge is -2.27. The number of amides is 1. The summed E-state index contributed by atoms with van der Waals surface area (Å²) in [7, 11) is 1.36. The first-order valence-electron chi connectivity index (χ1n) is 9.75. The molecule has 0 heterocycles. The molecule has 5 heteroatoms. The third-order valence-corrected chi connectivity index (χ3v) is 4.79. The molecule has 152 valence electrons. The van der Waals surface area contributed by atoms with Crippen molar-refractivity contribution in [3.05, 3.63) is 42.0 Å². The number of benzene rings is 2. The van der Waals surface area contributed by atoms with E-state index in [1.165, 1.54) is 7.11 Å². The fourth-order valence-electron chi connectivity index (χ4n) is 3.81. The predicted octanol–water partition coefficient (Wildman–Crippen LogP) is 4.55. The molecule has 0 spiro atoms. The molecule has 1 amide bonds. The summed E-state index contributed by atoms with van der Waals surface area (Å²) < 4.78 is 4.82. The standard InChI is InChI=1S/C23H32N2O3/c1-15(14-23(2,3)4)10-18(13-21(26)28-5)25-22(27)19-11-16-8-6-7-9-17(16)12-20(19)24/h6-9,11-12,15,18H,10,13-14,24H2,1-5H3,(H,25,27). The number of hydrogen-bond donors (Lipinski definition) is 2. The molecule has 5 nitrogen and oxygen atoms in total. The zero-order valence-corrected chi connectivity index (χ0v) is 17.5. The highest BCUT2D eigenvalue weighted by Gasteiger charge is 2.24. The Balaban J connectivity index is 2.19. The van der Waals surface area contributed by atoms with Crippen molar-refractivity contribution in [1.29, 1.82) is 0 Å². The SMILES string of the molecule is COC(=O)CC(CC(C)CC(C)(C)C)NC(=O)c1cc2ccccc2cc1N. The van der Waals surface area contributed by atoms with Crippen LogP contribution in [0.3, 0.4) is 0 Å². The molecule has 0 saturated heterocycles. The second-order valence-electron chi connectivity index (χ2n) is 8.84. The first kappa shape index (κ1) is 21.7. The van der Waals surface area contributed by atoms with Gasteiger partial charge in [-0.05, 0) is 47.1 Å². The van der Waals surface area contributed by atoms with Gasteiger partial charge in [-0.25, -0.2) is 0 Å². The fraction of sp³-hybridized carbons (Fsp3) is 0.478. The average Bonchev–Trinajstić information content (AvgIpc) is 2.59. The van der Waals surface area contributed by atoms with Crippen LogP contribution >= 0.6 is 0 Å². The van der Waals surface area contributed by atoms with Crippen LogP contribution in [-0.2, 0) is 9.53 Å². The van der Waals surface area contributed by atoms with Gasteiger partial charge in [0.1, 0.15) is 0 Å². The van der Waals surface area contributed by atoms with Gasteiger partial charge in [-0.15, -0.1) is 0 Å². The Kier molecular flexibility index (Phi) is 7.05. The van der Waals surface area contributed by atoms with Crippen LogP contribution < -0.4 is 11.1 Å². The van der Waals surface area contributed by atoms with Crippen LogP contribution in [0, 0.1) is 11.3 Å². The van der Waals surface area contributed by atoms with E-state index < -0.39 is 0 Å². The van der Waals surface area contributed by atoms with Crippen LogP contribution in [0.1, 0.15) is 57.3 Å². The minimum Gasteiger partial charge on any atom is -0.469 e. The van der Waals surface area contributed by atoms with E-state index in [0.717, 1.165) is 17.2 Å². The Morgan fingerprint density at radius 1 is 1.14 bits per heavy atom. The Morgan fingerprint density at radius 3 is 2.32 bits per heavy atom. The summed E-state index contributed by atoms with van der Waals surface area (Å²) in [4.78, 5) is 24.8. The van der Waals surface area contributed by atoms with Gasteiger partial charge in [0.2, 0.25) is 0 Å². The van der Waals surface area contributed by atoms with Gasteiger partial charge in [0, 0.05) is 11.7 Å². The summed E-state index contributed by atoms with van der Waals surface area (Å²) in [5, 5.41) is 4.94. The minimum atomic E-state index is -0.334. The molecule has 2 unspecified atom stereocenters. The molecule has 0 bridgehead atoms. The molecular weight excluding hydrogens is 352 g/mol. The third-order valence-electron chi connectivity index (χ3n) is 4.79. The maximum absolute atomic E-state index is 12.9. The number of hydrogen-bond acceptors (Lipinski definition) is 4. The monoisotopic (exact) mass is 384 g/mol. The predicted molar refractivity (Wildman–Crippen MR) is 114 cm³/mol. The summed E-state index contributed by atoms with van der Waals surface area (Å²) in [5.41, 5.74) is 7.16. The highest BCUT2D eigenvalue weighted by molar-refractivity contribution is 6.04. The van der Waals surface area contributed by atoms with E-state index in [1.54, 1.807) is 6.07 Å². The van der Waals surface area contributed by atoms with Crippen LogP contribution in [0.2, 0.25) is 0 Å². The number of fused-ring (bicyclic) bond motifs is 1. The third kappa shape index (κ3) is 6.25. The van der Waals surface area contributed by atoms with E-state index in [0.29, 0.717) is 23.6 Å². The lowest BCUT2D eigenvalue weighted by atomic mass is 9.82. The average molecular weight is 385 g/mol. The number of carbonyl (C=O) groups is 2. The van der Waals surface area contributed by atoms with E-state index >= 15 is 0 Å². The highest BCUT2D eigenvalue weighted by Crippen LogP contribution is 2.28. The van der Waals surface area contributed by atoms with Crippen LogP contribution in [0.25, 0.3) is 10.8 Å². The number of methoxy groups -OCH3 is 1. The van der Waals surface area contributed by atoms with Crippen molar-refractivity contribution in [3.8, 4) is 0 Å². The Bertz CT molecular complexity index is 839. The molecule has 0 fully saturated rings. The van der Waals surface area contributed by atoms with Gasteiger partial charge in [-0.1, -0.05) is 52.0 Å². The van der Waals surface area contributed by atoms with Crippen molar-refractivity contribution in [2.75, 3.05) is 12.8 Å². The molecule has 0 aliphatic rings. The summed E-state index contributed by atoms with van der Waals surface area (Å²) in [6.07, 6.45) is 1.84. The van der Waals surface area contributed by atoms with Crippen molar-refractivity contribution >= 4 is 28.3 Å². The maximum Gasteiger partial charge on any atom is 0.307 e. The summed E-state index contributed by atoms with van der Waals surface area (Å²) in [6.45, 7) is 8.71. The quantitative estimate of drug-likeness (QED) is 0.542. The molecule has 2 rings (SSSR count). The number of esters is 1. The van der Waals surface area contributed by atoms with Crippen molar-refractivity contribution in [2.24, 2.45) is 11.3 Å². The zero-order chi connectivity index (χ0) is 20.9. The molecular formula is C23H32N2O3. The normalized spacial score (nSPS) is 13.8. The second kappa shape index (κ2) is 9.09. The lowest BCUT2D eigenvalue weighted by molar-refractivity contribution is -0.141. The molecule has 2 aromatic carbocycles. The minimum absolute atomic E-state index is 0.143. The van der Waals surface area contributed by atoms with Gasteiger partial charge in [0.25, 0.3) is 5.91 Å². The summed E-state index contributed by atoms with van der Waals surface area (Å²) in [5.74, 6) is -0.247. The Hall–Kier alpha value is -2.56. The van der Waals surface area contributed by atoms with Crippen molar-refractivity contribution in [2.45, 2.75) is 53.0 Å². The molecule has 28 heavy (non-hydrogen) atoms. The van der Waals surface area contributed by atoms with Crippen LogP contribution in [0.5, 0.6) is 0 Å². The maximum atomic E-state index is 12.9. The van der Waals surface area contributed by atoms with E-state index in [-0.39, 0.29) is 29.8 Å². The van der Waals surface area contributed by atoms with Gasteiger partial charge in [-0.2, -0.15) is 0 Å². The molecule has 0 aliphatic heterocycles. The molecule has 3 N–H and O–H groups in total. The summed E-state index contributed by atoms with van der Waals surface area (Å²) in [6, 6.07) is 11.1. The molecule has 0 aliphatic carbocycles. The number of nitrogen functional groups attached to an aromatic ring is 1. The number of nitrogens with two attached hydrogens (primary N) is 1. The largest absolute Gasteiger partial charge is 0.469 e. The van der Waals surface area contributed by atoms with Crippen molar-refractivity contribution in [1.82, 2.24) is 5.32 Å². The first-order valence-corrected chi connectivity index (χ1v) is 9.75. The van der Waals surface area contributed by atoms with Crippen LogP contribution in [0.15, 0.2) is 36.4 Å². The van der Waals surface area contributed by atoms with Crippen molar-refractivity contribution in [3.63, 3.8) is 0 Å². The van der Waals surface area contributed by atoms with Crippen molar-refractivity contribution < 1.29 is 14.3 Å². The van der Waals surface area contributed by atoms with E-state index in [9.17, 15) is 9.59 Å². The number of nitrogens with one attached hydrogen (secondary N) is 1. The second-order valence-corrected chi connectivity index (χ2v) is 8.84. The van der Waals surface area contributed by atoms with E-state index in [2.05, 4.69) is 33.0 Å². The van der Waals surface area contributed by atoms with E-state index in [1.807, 2.05) is 30.3 Å². The molecule has 2 aromatic rings.